The summed E-state index contributed by atoms with van der Waals surface area (Å²) in [5, 5.41) is 9.55. The summed E-state index contributed by atoms with van der Waals surface area (Å²) in [7, 11) is -5.34. The van der Waals surface area contributed by atoms with Crippen LogP contribution in [0, 0.1) is 0 Å². The van der Waals surface area contributed by atoms with Crippen molar-refractivity contribution in [1.82, 2.24) is 0 Å². The Labute approximate surface area is 245 Å². The van der Waals surface area contributed by atoms with Crippen molar-refractivity contribution in [2.24, 2.45) is 0 Å². The third kappa shape index (κ3) is 5.50. The van der Waals surface area contributed by atoms with Crippen LogP contribution in [0.15, 0.2) is 97.1 Å². The first-order chi connectivity index (χ1) is 19.7. The smallest absolute Gasteiger partial charge is 0.384 e. The lowest BCUT2D eigenvalue weighted by molar-refractivity contribution is 0.334. The normalized spacial score (nSPS) is 12.4. The maximum Gasteiger partial charge on any atom is 0.384 e. The van der Waals surface area contributed by atoms with Crippen molar-refractivity contribution in [3.63, 3.8) is 0 Å². The van der Waals surface area contributed by atoms with Crippen molar-refractivity contribution in [2.45, 2.75) is 52.9 Å². The van der Waals surface area contributed by atoms with Gasteiger partial charge < -0.3 is 13.0 Å². The van der Waals surface area contributed by atoms with Crippen LogP contribution >= 0.6 is 0 Å². The highest BCUT2D eigenvalue weighted by Crippen LogP contribution is 2.38. The van der Waals surface area contributed by atoms with E-state index in [4.69, 9.17) is 13.0 Å². The van der Waals surface area contributed by atoms with E-state index in [0.29, 0.717) is 0 Å². The average molecular weight is 575 g/mol. The molecule has 0 spiro atoms. The molecule has 0 saturated heterocycles. The molecule has 0 radical (unpaired) electrons. The second-order valence-electron chi connectivity index (χ2n) is 11.8. The molecule has 6 rings (SSSR count). The minimum absolute atomic E-state index is 0.893. The predicted molar refractivity (Wildman–Crippen MR) is 179 cm³/mol. The number of hydrogen-bond donors (Lipinski definition) is 0. The van der Waals surface area contributed by atoms with Crippen LogP contribution in [0.25, 0.3) is 43.1 Å². The van der Waals surface area contributed by atoms with Crippen LogP contribution in [0.5, 0.6) is 11.5 Å². The fourth-order valence-electron chi connectivity index (χ4n) is 5.99. The quantitative estimate of drug-likeness (QED) is 0.134. The van der Waals surface area contributed by atoms with Crippen LogP contribution in [0.4, 0.5) is 0 Å². The highest BCUT2D eigenvalue weighted by molar-refractivity contribution is 6.79. The molecule has 0 atom stereocenters. The Balaban J connectivity index is 1.35. The van der Waals surface area contributed by atoms with Gasteiger partial charge in [0.05, 0.1) is 0 Å². The Morgan fingerprint density at radius 1 is 0.463 bits per heavy atom. The van der Waals surface area contributed by atoms with Crippen LogP contribution in [0.3, 0.4) is 0 Å². The van der Waals surface area contributed by atoms with Gasteiger partial charge in [-0.15, -0.1) is 0 Å². The lowest BCUT2D eigenvalue weighted by Gasteiger charge is -2.34. The molecule has 0 bridgehead atoms. The Morgan fingerprint density at radius 2 is 0.829 bits per heavy atom. The molecule has 6 aromatic rings. The summed E-state index contributed by atoms with van der Waals surface area (Å²) in [5.41, 5.74) is 2.40. The molecule has 0 saturated carbocycles. The molecule has 41 heavy (non-hydrogen) atoms. The fraction of sp³-hybridized carbons (Fsp3) is 0.222. The van der Waals surface area contributed by atoms with Gasteiger partial charge in [-0.2, -0.15) is 0 Å². The van der Waals surface area contributed by atoms with Crippen LogP contribution in [-0.4, -0.2) is 17.1 Å². The standard InChI is InChI=1S/C36H38O3Si2/c1-7-25-17-19-31-21-27-13-9-11-15-29(27)23-33(31)35(25)37-40(3,4)39-41(5,6)38-36-26(8-2)18-20-32-22-28-14-10-12-16-30(28)24-34(32)36/h9-24H,7-8H2,1-6H3. The number of aryl methyl sites for hydroxylation is 2. The number of rotatable bonds is 8. The summed E-state index contributed by atoms with van der Waals surface area (Å²) >= 11 is 0. The molecule has 0 aliphatic carbocycles. The van der Waals surface area contributed by atoms with Gasteiger partial charge in [0.15, 0.2) is 0 Å². The van der Waals surface area contributed by atoms with Crippen LogP contribution in [0.1, 0.15) is 25.0 Å². The molecule has 6 aromatic carbocycles. The molecule has 0 aliphatic rings. The zero-order valence-electron chi connectivity index (χ0n) is 24.9. The van der Waals surface area contributed by atoms with E-state index in [1.807, 2.05) is 0 Å². The van der Waals surface area contributed by atoms with Gasteiger partial charge >= 0.3 is 17.1 Å². The molecule has 0 aliphatic heterocycles. The molecule has 0 fully saturated rings. The maximum atomic E-state index is 6.94. The molecule has 0 aromatic heterocycles. The third-order valence-corrected chi connectivity index (χ3v) is 13.1. The van der Waals surface area contributed by atoms with Crippen molar-refractivity contribution in [3.8, 4) is 11.5 Å². The molecular weight excluding hydrogens is 537 g/mol. The van der Waals surface area contributed by atoms with E-state index in [0.717, 1.165) is 35.1 Å². The van der Waals surface area contributed by atoms with Crippen molar-refractivity contribution in [2.75, 3.05) is 0 Å². The molecule has 208 valence electrons. The highest BCUT2D eigenvalue weighted by Gasteiger charge is 2.40. The van der Waals surface area contributed by atoms with Gasteiger partial charge in [-0.25, -0.2) is 0 Å². The molecule has 0 heterocycles. The summed E-state index contributed by atoms with van der Waals surface area (Å²) in [6, 6.07) is 34.9. The molecule has 0 N–H and O–H groups in total. The van der Waals surface area contributed by atoms with Crippen LogP contribution in [-0.2, 0) is 17.0 Å². The summed E-state index contributed by atoms with van der Waals surface area (Å²) in [5.74, 6) is 1.89. The van der Waals surface area contributed by atoms with Crippen LogP contribution < -0.4 is 8.85 Å². The topological polar surface area (TPSA) is 27.7 Å². The molecule has 0 amide bonds. The van der Waals surface area contributed by atoms with E-state index < -0.39 is 17.1 Å². The van der Waals surface area contributed by atoms with E-state index >= 15 is 0 Å². The molecular formula is C36H38O3Si2. The van der Waals surface area contributed by atoms with Gasteiger partial charge in [-0.3, -0.25) is 0 Å². The summed E-state index contributed by atoms with van der Waals surface area (Å²) in [4.78, 5) is 0. The van der Waals surface area contributed by atoms with Gasteiger partial charge in [0.2, 0.25) is 0 Å². The van der Waals surface area contributed by atoms with E-state index in [-0.39, 0.29) is 0 Å². The van der Waals surface area contributed by atoms with Crippen LogP contribution in [0.2, 0.25) is 26.2 Å². The minimum atomic E-state index is -2.67. The summed E-state index contributed by atoms with van der Waals surface area (Å²) in [6.07, 6.45) is 1.79. The van der Waals surface area contributed by atoms with E-state index in [9.17, 15) is 0 Å². The average Bonchev–Trinajstić information content (AvgIpc) is 2.94. The predicted octanol–water partition coefficient (Wildman–Crippen LogP) is 10.3. The third-order valence-electron chi connectivity index (χ3n) is 7.79. The molecule has 0 unspecified atom stereocenters. The number of fused-ring (bicyclic) bond motifs is 4. The van der Waals surface area contributed by atoms with Gasteiger partial charge in [-0.1, -0.05) is 86.6 Å². The van der Waals surface area contributed by atoms with Crippen molar-refractivity contribution < 1.29 is 13.0 Å². The number of benzene rings is 6. The Kier molecular flexibility index (Phi) is 7.14. The van der Waals surface area contributed by atoms with E-state index in [1.54, 1.807) is 0 Å². The lowest BCUT2D eigenvalue weighted by atomic mass is 10.00. The minimum Gasteiger partial charge on any atom is -0.520 e. The Morgan fingerprint density at radius 3 is 1.20 bits per heavy atom. The molecule has 3 nitrogen and oxygen atoms in total. The second-order valence-corrected chi connectivity index (χ2v) is 18.6. The first-order valence-electron chi connectivity index (χ1n) is 14.6. The van der Waals surface area contributed by atoms with Gasteiger partial charge in [0, 0.05) is 10.8 Å². The Bertz CT molecular complexity index is 1770. The largest absolute Gasteiger partial charge is 0.520 e. The highest BCUT2D eigenvalue weighted by atomic mass is 28.5. The monoisotopic (exact) mass is 574 g/mol. The zero-order chi connectivity index (χ0) is 28.8. The second kappa shape index (κ2) is 10.6. The number of hydrogen-bond acceptors (Lipinski definition) is 3. The maximum absolute atomic E-state index is 6.94. The van der Waals surface area contributed by atoms with Crippen molar-refractivity contribution in [1.29, 1.82) is 0 Å². The van der Waals surface area contributed by atoms with Gasteiger partial charge in [0.1, 0.15) is 11.5 Å². The first-order valence-corrected chi connectivity index (χ1v) is 20.3. The van der Waals surface area contributed by atoms with Crippen molar-refractivity contribution in [3.05, 3.63) is 108 Å². The SMILES string of the molecule is CCc1ccc2cc3ccccc3cc2c1O[Si](C)(C)O[Si](C)(C)Oc1c(CC)ccc2cc3ccccc3cc12. The first kappa shape index (κ1) is 27.5. The molecule has 5 heteroatoms. The Hall–Kier alpha value is -3.65. The van der Waals surface area contributed by atoms with Crippen molar-refractivity contribution >= 4 is 60.2 Å². The van der Waals surface area contributed by atoms with Gasteiger partial charge in [0.25, 0.3) is 0 Å². The van der Waals surface area contributed by atoms with Gasteiger partial charge in [-0.05, 0) is 107 Å². The van der Waals surface area contributed by atoms with E-state index in [2.05, 4.69) is 137 Å². The lowest BCUT2D eigenvalue weighted by Crippen LogP contribution is -2.52. The van der Waals surface area contributed by atoms with E-state index in [1.165, 1.54) is 43.4 Å². The summed E-state index contributed by atoms with van der Waals surface area (Å²) in [6.45, 7) is 12.9. The summed E-state index contributed by atoms with van der Waals surface area (Å²) < 4.78 is 20.8. The zero-order valence-corrected chi connectivity index (χ0v) is 26.9. The fourth-order valence-corrected chi connectivity index (χ4v) is 12.5.